The van der Waals surface area contributed by atoms with Crippen LogP contribution >= 0.6 is 0 Å². The van der Waals surface area contributed by atoms with E-state index in [0.29, 0.717) is 12.1 Å². The van der Waals surface area contributed by atoms with Gasteiger partial charge in [-0.05, 0) is 43.9 Å². The number of primary amides is 1. The van der Waals surface area contributed by atoms with E-state index in [4.69, 9.17) is 10.5 Å². The van der Waals surface area contributed by atoms with Crippen molar-refractivity contribution in [3.63, 3.8) is 0 Å². The third-order valence-electron chi connectivity index (χ3n) is 5.08. The first-order valence-electron chi connectivity index (χ1n) is 8.05. The highest BCUT2D eigenvalue weighted by Crippen LogP contribution is 2.32. The molecule has 2 aliphatic rings. The number of rotatable bonds is 5. The fourth-order valence-electron chi connectivity index (χ4n) is 3.73. The van der Waals surface area contributed by atoms with Crippen molar-refractivity contribution in [2.75, 3.05) is 14.2 Å². The van der Waals surface area contributed by atoms with Crippen molar-refractivity contribution >= 4 is 15.9 Å². The van der Waals surface area contributed by atoms with Crippen LogP contribution in [-0.4, -0.2) is 50.9 Å². The van der Waals surface area contributed by atoms with Crippen molar-refractivity contribution in [2.24, 2.45) is 5.73 Å². The number of benzene rings is 1. The second kappa shape index (κ2) is 6.34. The van der Waals surface area contributed by atoms with Crippen LogP contribution in [0.15, 0.2) is 23.1 Å². The van der Waals surface area contributed by atoms with Crippen LogP contribution in [0.25, 0.3) is 0 Å². The van der Waals surface area contributed by atoms with Gasteiger partial charge in [-0.1, -0.05) is 0 Å². The molecule has 2 saturated heterocycles. The van der Waals surface area contributed by atoms with Crippen LogP contribution in [0, 0.1) is 0 Å². The molecule has 1 amide bonds. The maximum absolute atomic E-state index is 13.0. The third-order valence-corrected chi connectivity index (χ3v) is 6.98. The Morgan fingerprint density at radius 1 is 1.29 bits per heavy atom. The van der Waals surface area contributed by atoms with E-state index >= 15 is 0 Å². The van der Waals surface area contributed by atoms with E-state index in [0.717, 1.165) is 25.7 Å². The minimum atomic E-state index is -3.70. The molecule has 0 aliphatic carbocycles. The molecule has 132 valence electrons. The first-order valence-corrected chi connectivity index (χ1v) is 9.49. The average molecular weight is 353 g/mol. The van der Waals surface area contributed by atoms with E-state index in [1.807, 2.05) is 0 Å². The standard InChI is InChI=1S/C16H23N3O4S/c1-19(12-7-10-3-4-11(8-12)18-10)24(21,22)13-5-6-15(23-2)14(9-13)16(17)20/h5-6,9-12,18H,3-4,7-8H2,1-2H3,(H2,17,20). The molecule has 1 aromatic rings. The van der Waals surface area contributed by atoms with Crippen LogP contribution in [-0.2, 0) is 10.0 Å². The Balaban J connectivity index is 1.89. The Kier molecular flexibility index (Phi) is 4.54. The highest BCUT2D eigenvalue weighted by Gasteiger charge is 2.39. The largest absolute Gasteiger partial charge is 0.496 e. The third kappa shape index (κ3) is 3.01. The predicted molar refractivity (Wildman–Crippen MR) is 89.4 cm³/mol. The molecule has 2 heterocycles. The number of sulfonamides is 1. The van der Waals surface area contributed by atoms with Gasteiger partial charge in [-0.25, -0.2) is 8.42 Å². The summed E-state index contributed by atoms with van der Waals surface area (Å²) in [5, 5.41) is 3.51. The molecule has 2 atom stereocenters. The molecule has 24 heavy (non-hydrogen) atoms. The first-order chi connectivity index (χ1) is 11.3. The zero-order chi connectivity index (χ0) is 17.5. The molecular formula is C16H23N3O4S. The zero-order valence-corrected chi connectivity index (χ0v) is 14.7. The molecule has 2 aliphatic heterocycles. The number of fused-ring (bicyclic) bond motifs is 2. The Morgan fingerprint density at radius 3 is 2.46 bits per heavy atom. The number of methoxy groups -OCH3 is 1. The van der Waals surface area contributed by atoms with Crippen LogP contribution in [0.1, 0.15) is 36.0 Å². The molecule has 3 N–H and O–H groups in total. The van der Waals surface area contributed by atoms with E-state index < -0.39 is 15.9 Å². The van der Waals surface area contributed by atoms with Gasteiger partial charge in [-0.3, -0.25) is 4.79 Å². The monoisotopic (exact) mass is 353 g/mol. The van der Waals surface area contributed by atoms with Crippen molar-refractivity contribution in [1.82, 2.24) is 9.62 Å². The number of nitrogens with two attached hydrogens (primary N) is 1. The molecule has 8 heteroatoms. The fourth-order valence-corrected chi connectivity index (χ4v) is 5.13. The number of nitrogens with zero attached hydrogens (tertiary/aromatic N) is 1. The molecule has 2 fully saturated rings. The smallest absolute Gasteiger partial charge is 0.252 e. The Hall–Kier alpha value is -1.64. The summed E-state index contributed by atoms with van der Waals surface area (Å²) >= 11 is 0. The second-order valence-electron chi connectivity index (χ2n) is 6.51. The van der Waals surface area contributed by atoms with Crippen molar-refractivity contribution in [2.45, 2.75) is 48.7 Å². The normalized spacial score (nSPS) is 26.5. The maximum atomic E-state index is 13.0. The van der Waals surface area contributed by atoms with Gasteiger partial charge < -0.3 is 15.8 Å². The van der Waals surface area contributed by atoms with Gasteiger partial charge in [-0.2, -0.15) is 4.31 Å². The lowest BCUT2D eigenvalue weighted by Gasteiger charge is -2.34. The van der Waals surface area contributed by atoms with Gasteiger partial charge in [0.25, 0.3) is 5.91 Å². The summed E-state index contributed by atoms with van der Waals surface area (Å²) in [7, 11) is -0.677. The summed E-state index contributed by atoms with van der Waals surface area (Å²) < 4.78 is 32.4. The maximum Gasteiger partial charge on any atom is 0.252 e. The molecule has 2 bridgehead atoms. The number of piperidine rings is 1. The van der Waals surface area contributed by atoms with Crippen LogP contribution in [0.3, 0.4) is 0 Å². The van der Waals surface area contributed by atoms with Crippen molar-refractivity contribution in [3.8, 4) is 5.75 Å². The lowest BCUT2D eigenvalue weighted by atomic mass is 10.0. The molecule has 0 radical (unpaired) electrons. The molecule has 0 spiro atoms. The van der Waals surface area contributed by atoms with Gasteiger partial charge >= 0.3 is 0 Å². The number of amides is 1. The fraction of sp³-hybridized carbons (Fsp3) is 0.562. The molecular weight excluding hydrogens is 330 g/mol. The zero-order valence-electron chi connectivity index (χ0n) is 13.9. The number of nitrogens with one attached hydrogen (secondary N) is 1. The van der Waals surface area contributed by atoms with E-state index in [1.54, 1.807) is 7.05 Å². The van der Waals surface area contributed by atoms with Crippen LogP contribution in [0.5, 0.6) is 5.75 Å². The van der Waals surface area contributed by atoms with Crippen LogP contribution in [0.4, 0.5) is 0 Å². The quantitative estimate of drug-likeness (QED) is 0.811. The van der Waals surface area contributed by atoms with Gasteiger partial charge in [0.2, 0.25) is 10.0 Å². The van der Waals surface area contributed by atoms with Crippen molar-refractivity contribution < 1.29 is 17.9 Å². The van der Waals surface area contributed by atoms with E-state index in [1.165, 1.54) is 29.6 Å². The highest BCUT2D eigenvalue weighted by atomic mass is 32.2. The summed E-state index contributed by atoms with van der Waals surface area (Å²) in [5.41, 5.74) is 5.40. The summed E-state index contributed by atoms with van der Waals surface area (Å²) in [5.74, 6) is -0.449. The predicted octanol–water partition coefficient (Wildman–Crippen LogP) is 0.698. The average Bonchev–Trinajstić information content (AvgIpc) is 2.91. The highest BCUT2D eigenvalue weighted by molar-refractivity contribution is 7.89. The minimum Gasteiger partial charge on any atom is -0.496 e. The van der Waals surface area contributed by atoms with Gasteiger partial charge in [-0.15, -0.1) is 0 Å². The molecule has 3 rings (SSSR count). The number of carbonyl (C=O) groups is 1. The van der Waals surface area contributed by atoms with E-state index in [2.05, 4.69) is 5.32 Å². The minimum absolute atomic E-state index is 0.0344. The lowest BCUT2D eigenvalue weighted by Crippen LogP contribution is -2.48. The Bertz CT molecular complexity index is 738. The Labute approximate surface area is 142 Å². The SMILES string of the molecule is COc1ccc(S(=O)(=O)N(C)C2CC3CCC(C2)N3)cc1C(N)=O. The van der Waals surface area contributed by atoms with Gasteiger partial charge in [0, 0.05) is 25.2 Å². The molecule has 1 aromatic carbocycles. The van der Waals surface area contributed by atoms with Gasteiger partial charge in [0.15, 0.2) is 0 Å². The number of carbonyl (C=O) groups excluding carboxylic acids is 1. The molecule has 0 saturated carbocycles. The number of hydrogen-bond acceptors (Lipinski definition) is 5. The van der Waals surface area contributed by atoms with Crippen molar-refractivity contribution in [1.29, 1.82) is 0 Å². The molecule has 0 aromatic heterocycles. The summed E-state index contributed by atoms with van der Waals surface area (Å²) in [6, 6.07) is 4.96. The topological polar surface area (TPSA) is 102 Å². The molecule has 2 unspecified atom stereocenters. The van der Waals surface area contributed by atoms with Crippen LogP contribution in [0.2, 0.25) is 0 Å². The Morgan fingerprint density at radius 2 is 1.92 bits per heavy atom. The number of hydrogen-bond donors (Lipinski definition) is 2. The number of ether oxygens (including phenoxy) is 1. The van der Waals surface area contributed by atoms with Crippen LogP contribution < -0.4 is 15.8 Å². The van der Waals surface area contributed by atoms with Gasteiger partial charge in [0.1, 0.15) is 5.75 Å². The summed E-state index contributed by atoms with van der Waals surface area (Å²) in [4.78, 5) is 11.6. The second-order valence-corrected chi connectivity index (χ2v) is 8.51. The van der Waals surface area contributed by atoms with Gasteiger partial charge in [0.05, 0.1) is 17.6 Å². The first kappa shape index (κ1) is 17.2. The lowest BCUT2D eigenvalue weighted by molar-refractivity contribution is 0.0997. The molecule has 7 nitrogen and oxygen atoms in total. The van der Waals surface area contributed by atoms with E-state index in [-0.39, 0.29) is 22.3 Å². The summed E-state index contributed by atoms with van der Waals surface area (Å²) in [6.07, 6.45) is 3.82. The van der Waals surface area contributed by atoms with Crippen molar-refractivity contribution in [3.05, 3.63) is 23.8 Å². The summed E-state index contributed by atoms with van der Waals surface area (Å²) in [6.45, 7) is 0. The van der Waals surface area contributed by atoms with E-state index in [9.17, 15) is 13.2 Å².